The minimum Gasteiger partial charge on any atom is -0.336 e. The van der Waals surface area contributed by atoms with Gasteiger partial charge in [-0.2, -0.15) is 0 Å². The fourth-order valence-electron chi connectivity index (χ4n) is 3.17. The summed E-state index contributed by atoms with van der Waals surface area (Å²) in [7, 11) is 0. The average Bonchev–Trinajstić information content (AvgIpc) is 3.10. The maximum Gasteiger partial charge on any atom is 0.319 e. The van der Waals surface area contributed by atoms with Gasteiger partial charge in [0.1, 0.15) is 11.3 Å². The van der Waals surface area contributed by atoms with Crippen LogP contribution in [-0.4, -0.2) is 32.1 Å². The molecule has 0 saturated carbocycles. The molecule has 7 nitrogen and oxygen atoms in total. The molecule has 0 aliphatic heterocycles. The highest BCUT2D eigenvalue weighted by Gasteiger charge is 2.13. The van der Waals surface area contributed by atoms with E-state index in [0.29, 0.717) is 13.1 Å². The smallest absolute Gasteiger partial charge is 0.319 e. The van der Waals surface area contributed by atoms with Crippen molar-refractivity contribution in [3.8, 4) is 11.4 Å². The molecular formula is C22H22N6O. The zero-order valence-electron chi connectivity index (χ0n) is 16.4. The Kier molecular flexibility index (Phi) is 5.20. The van der Waals surface area contributed by atoms with E-state index in [-0.39, 0.29) is 6.03 Å². The van der Waals surface area contributed by atoms with Gasteiger partial charge in [-0.05, 0) is 61.4 Å². The number of hydrogen-bond donors (Lipinski definition) is 2. The number of fused-ring (bicyclic) bond motifs is 1. The van der Waals surface area contributed by atoms with Crippen molar-refractivity contribution in [2.45, 2.75) is 20.4 Å². The molecule has 0 saturated heterocycles. The minimum absolute atomic E-state index is 0.240. The molecule has 0 bridgehead atoms. The summed E-state index contributed by atoms with van der Waals surface area (Å²) < 4.78 is 2.01. The zero-order chi connectivity index (χ0) is 20.2. The molecule has 0 fully saturated rings. The molecule has 0 atom stereocenters. The first-order valence-corrected chi connectivity index (χ1v) is 9.45. The lowest BCUT2D eigenvalue weighted by molar-refractivity contribution is 0.251. The molecule has 29 heavy (non-hydrogen) atoms. The fraction of sp³-hybridized carbons (Fsp3) is 0.182. The Balaban J connectivity index is 1.48. The standard InChI is InChI=1S/C22H22N6O/c1-15-5-6-18(14-16(15)2)26-22(29)25-12-13-28-20(17-7-10-23-11-8-17)27-19-4-3-9-24-21(19)28/h3-11,14H,12-13H2,1-2H3,(H2,25,26,29). The van der Waals surface area contributed by atoms with Gasteiger partial charge >= 0.3 is 6.03 Å². The molecule has 4 aromatic rings. The molecule has 0 aliphatic rings. The largest absolute Gasteiger partial charge is 0.336 e. The maximum atomic E-state index is 12.3. The van der Waals surface area contributed by atoms with Crippen LogP contribution in [0, 0.1) is 13.8 Å². The Morgan fingerprint density at radius 1 is 1.03 bits per heavy atom. The molecule has 3 aromatic heterocycles. The molecule has 0 aliphatic carbocycles. The van der Waals surface area contributed by atoms with E-state index in [0.717, 1.165) is 33.8 Å². The van der Waals surface area contributed by atoms with Crippen molar-refractivity contribution in [3.63, 3.8) is 0 Å². The Morgan fingerprint density at radius 2 is 1.86 bits per heavy atom. The molecule has 2 amide bonds. The highest BCUT2D eigenvalue weighted by atomic mass is 16.2. The van der Waals surface area contributed by atoms with Crippen LogP contribution in [0.4, 0.5) is 10.5 Å². The van der Waals surface area contributed by atoms with E-state index in [9.17, 15) is 4.79 Å². The number of carbonyl (C=O) groups is 1. The number of nitrogens with one attached hydrogen (secondary N) is 2. The molecular weight excluding hydrogens is 364 g/mol. The highest BCUT2D eigenvalue weighted by molar-refractivity contribution is 5.89. The van der Waals surface area contributed by atoms with E-state index in [1.807, 2.05) is 60.9 Å². The van der Waals surface area contributed by atoms with Crippen LogP contribution in [0.5, 0.6) is 0 Å². The summed E-state index contributed by atoms with van der Waals surface area (Å²) in [6.45, 7) is 5.06. The SMILES string of the molecule is Cc1ccc(NC(=O)NCCn2c(-c3ccncc3)nc3cccnc32)cc1C. The summed E-state index contributed by atoms with van der Waals surface area (Å²) in [5.74, 6) is 0.803. The quantitative estimate of drug-likeness (QED) is 0.544. The third-order valence-corrected chi connectivity index (χ3v) is 4.83. The number of hydrogen-bond acceptors (Lipinski definition) is 4. The Morgan fingerprint density at radius 3 is 2.66 bits per heavy atom. The molecule has 0 unspecified atom stereocenters. The van der Waals surface area contributed by atoms with E-state index < -0.39 is 0 Å². The van der Waals surface area contributed by atoms with Crippen molar-refractivity contribution in [2.75, 3.05) is 11.9 Å². The minimum atomic E-state index is -0.240. The van der Waals surface area contributed by atoms with E-state index in [4.69, 9.17) is 4.98 Å². The van der Waals surface area contributed by atoms with Crippen molar-refractivity contribution in [1.82, 2.24) is 24.8 Å². The Hall–Kier alpha value is -3.74. The van der Waals surface area contributed by atoms with E-state index in [1.54, 1.807) is 18.6 Å². The highest BCUT2D eigenvalue weighted by Crippen LogP contribution is 2.22. The first kappa shape index (κ1) is 18.6. The fourth-order valence-corrected chi connectivity index (χ4v) is 3.17. The Bertz CT molecular complexity index is 1150. The number of aryl methyl sites for hydroxylation is 2. The van der Waals surface area contributed by atoms with Crippen LogP contribution < -0.4 is 10.6 Å². The van der Waals surface area contributed by atoms with Crippen LogP contribution in [0.2, 0.25) is 0 Å². The van der Waals surface area contributed by atoms with E-state index >= 15 is 0 Å². The van der Waals surface area contributed by atoms with Crippen LogP contribution in [0.15, 0.2) is 61.1 Å². The maximum absolute atomic E-state index is 12.3. The monoisotopic (exact) mass is 386 g/mol. The predicted octanol–water partition coefficient (Wildman–Crippen LogP) is 3.93. The number of nitrogens with zero attached hydrogens (tertiary/aromatic N) is 4. The summed E-state index contributed by atoms with van der Waals surface area (Å²) in [6, 6.07) is 13.2. The van der Waals surface area contributed by atoms with Crippen LogP contribution >= 0.6 is 0 Å². The lowest BCUT2D eigenvalue weighted by atomic mass is 10.1. The number of rotatable bonds is 5. The van der Waals surface area contributed by atoms with Crippen molar-refractivity contribution in [1.29, 1.82) is 0 Å². The van der Waals surface area contributed by atoms with E-state index in [1.165, 1.54) is 5.56 Å². The first-order chi connectivity index (χ1) is 14.1. The molecule has 2 N–H and O–H groups in total. The second-order valence-corrected chi connectivity index (χ2v) is 6.85. The van der Waals surface area contributed by atoms with Crippen LogP contribution in [0.3, 0.4) is 0 Å². The third kappa shape index (κ3) is 4.08. The van der Waals surface area contributed by atoms with Gasteiger partial charge in [0.05, 0.1) is 0 Å². The summed E-state index contributed by atoms with van der Waals surface area (Å²) in [4.78, 5) is 25.5. The zero-order valence-corrected chi connectivity index (χ0v) is 16.4. The number of anilines is 1. The molecule has 3 heterocycles. The molecule has 4 rings (SSSR count). The van der Waals surface area contributed by atoms with Crippen LogP contribution in [0.1, 0.15) is 11.1 Å². The number of carbonyl (C=O) groups excluding carboxylic acids is 1. The number of imidazole rings is 1. The van der Waals surface area contributed by atoms with Gasteiger partial charge < -0.3 is 15.2 Å². The molecule has 0 radical (unpaired) electrons. The number of benzene rings is 1. The van der Waals surface area contributed by atoms with Crippen molar-refractivity contribution < 1.29 is 4.79 Å². The van der Waals surface area contributed by atoms with Crippen molar-refractivity contribution in [3.05, 3.63) is 72.2 Å². The predicted molar refractivity (Wildman–Crippen MR) is 114 cm³/mol. The van der Waals surface area contributed by atoms with Crippen LogP contribution in [0.25, 0.3) is 22.6 Å². The molecule has 0 spiro atoms. The van der Waals surface area contributed by atoms with Gasteiger partial charge in [0.2, 0.25) is 0 Å². The Labute approximate surface area is 168 Å². The van der Waals surface area contributed by atoms with Gasteiger partial charge in [0.25, 0.3) is 0 Å². The van der Waals surface area contributed by atoms with Gasteiger partial charge in [-0.3, -0.25) is 4.98 Å². The lowest BCUT2D eigenvalue weighted by Gasteiger charge is -2.11. The summed E-state index contributed by atoms with van der Waals surface area (Å²) in [6.07, 6.45) is 5.22. The second kappa shape index (κ2) is 8.10. The average molecular weight is 386 g/mol. The molecule has 146 valence electrons. The molecule has 7 heteroatoms. The van der Waals surface area contributed by atoms with Crippen molar-refractivity contribution >= 4 is 22.9 Å². The normalized spacial score (nSPS) is 10.8. The van der Waals surface area contributed by atoms with Gasteiger partial charge in [-0.1, -0.05) is 6.07 Å². The first-order valence-electron chi connectivity index (χ1n) is 9.45. The van der Waals surface area contributed by atoms with Gasteiger partial charge in [0, 0.05) is 42.9 Å². The molecule has 1 aromatic carbocycles. The van der Waals surface area contributed by atoms with Gasteiger partial charge in [-0.25, -0.2) is 14.8 Å². The van der Waals surface area contributed by atoms with E-state index in [2.05, 4.69) is 20.6 Å². The number of pyridine rings is 2. The summed E-state index contributed by atoms with van der Waals surface area (Å²) >= 11 is 0. The second-order valence-electron chi connectivity index (χ2n) is 6.85. The number of urea groups is 1. The summed E-state index contributed by atoms with van der Waals surface area (Å²) in [5, 5.41) is 5.78. The topological polar surface area (TPSA) is 84.7 Å². The third-order valence-electron chi connectivity index (χ3n) is 4.83. The number of aromatic nitrogens is 4. The number of amides is 2. The lowest BCUT2D eigenvalue weighted by Crippen LogP contribution is -2.31. The van der Waals surface area contributed by atoms with Gasteiger partial charge in [0.15, 0.2) is 5.65 Å². The van der Waals surface area contributed by atoms with Gasteiger partial charge in [-0.15, -0.1) is 0 Å². The van der Waals surface area contributed by atoms with Crippen molar-refractivity contribution in [2.24, 2.45) is 0 Å². The van der Waals surface area contributed by atoms with Crippen LogP contribution in [-0.2, 0) is 6.54 Å². The summed E-state index contributed by atoms with van der Waals surface area (Å²) in [5.41, 5.74) is 5.67.